The van der Waals surface area contributed by atoms with Gasteiger partial charge in [-0.15, -0.1) is 11.3 Å². The fraction of sp³-hybridized carbons (Fsp3) is 0. The van der Waals surface area contributed by atoms with Crippen LogP contribution < -0.4 is 0 Å². The van der Waals surface area contributed by atoms with Gasteiger partial charge in [0.15, 0.2) is 16.8 Å². The van der Waals surface area contributed by atoms with Crippen LogP contribution in [0.15, 0.2) is 23.7 Å². The highest BCUT2D eigenvalue weighted by molar-refractivity contribution is 7.17. The zero-order valence-corrected chi connectivity index (χ0v) is 10.3. The second kappa shape index (κ2) is 4.15. The van der Waals surface area contributed by atoms with Crippen molar-refractivity contribution in [3.8, 4) is 17.3 Å². The first-order valence-electron chi connectivity index (χ1n) is 4.91. The second-order valence-corrected chi connectivity index (χ2v) is 4.74. The number of halogens is 2. The largest absolute Gasteiger partial charge is 0.492 e. The van der Waals surface area contributed by atoms with E-state index in [1.807, 2.05) is 0 Å². The third kappa shape index (κ3) is 1.70. The Bertz CT molecular complexity index is 746. The Kier molecular flexibility index (Phi) is 2.61. The zero-order chi connectivity index (χ0) is 12.7. The molecule has 0 aliphatic rings. The Morgan fingerprint density at radius 2 is 2.11 bits per heavy atom. The molecule has 0 unspecified atom stereocenters. The summed E-state index contributed by atoms with van der Waals surface area (Å²) in [5, 5.41) is 11.3. The molecule has 3 heterocycles. The van der Waals surface area contributed by atoms with Gasteiger partial charge < -0.3 is 5.11 Å². The summed E-state index contributed by atoms with van der Waals surface area (Å²) in [7, 11) is 0. The summed E-state index contributed by atoms with van der Waals surface area (Å²) in [6.07, 6.45) is 1.36. The predicted octanol–water partition coefficient (Wildman–Crippen LogP) is 3.25. The minimum Gasteiger partial charge on any atom is -0.492 e. The standard InChI is InChI=1S/C11H5ClFN3OS/c12-9-7(13)5(1-3-14-9)10-15-6-2-4-18-8(6)11(17)16-10/h1-4H,(H,15,16,17). The molecular weight excluding hydrogens is 277 g/mol. The molecule has 0 spiro atoms. The number of hydrogen-bond acceptors (Lipinski definition) is 5. The zero-order valence-electron chi connectivity index (χ0n) is 8.76. The lowest BCUT2D eigenvalue weighted by atomic mass is 10.2. The lowest BCUT2D eigenvalue weighted by molar-refractivity contribution is 0.461. The molecule has 0 aliphatic heterocycles. The van der Waals surface area contributed by atoms with Gasteiger partial charge in [-0.3, -0.25) is 0 Å². The van der Waals surface area contributed by atoms with E-state index in [0.717, 1.165) is 0 Å². The molecule has 0 amide bonds. The number of nitrogens with zero attached hydrogens (tertiary/aromatic N) is 3. The molecule has 0 fully saturated rings. The molecule has 0 bridgehead atoms. The third-order valence-electron chi connectivity index (χ3n) is 2.37. The van der Waals surface area contributed by atoms with Crippen molar-refractivity contribution in [3.63, 3.8) is 0 Å². The van der Waals surface area contributed by atoms with E-state index in [4.69, 9.17) is 11.6 Å². The van der Waals surface area contributed by atoms with Gasteiger partial charge in [0, 0.05) is 6.20 Å². The molecule has 7 heteroatoms. The molecule has 1 N–H and O–H groups in total. The van der Waals surface area contributed by atoms with Gasteiger partial charge in [-0.05, 0) is 17.5 Å². The van der Waals surface area contributed by atoms with Crippen LogP contribution in [0.1, 0.15) is 0 Å². The molecule has 3 aromatic heterocycles. The average Bonchev–Trinajstić information content (AvgIpc) is 2.81. The van der Waals surface area contributed by atoms with Crippen molar-refractivity contribution >= 4 is 33.2 Å². The van der Waals surface area contributed by atoms with Crippen molar-refractivity contribution in [2.45, 2.75) is 0 Å². The Balaban J connectivity index is 2.28. The summed E-state index contributed by atoms with van der Waals surface area (Å²) in [6, 6.07) is 3.14. The maximum Gasteiger partial charge on any atom is 0.232 e. The molecule has 4 nitrogen and oxygen atoms in total. The van der Waals surface area contributed by atoms with E-state index >= 15 is 0 Å². The quantitative estimate of drug-likeness (QED) is 0.696. The highest BCUT2D eigenvalue weighted by Crippen LogP contribution is 2.31. The summed E-state index contributed by atoms with van der Waals surface area (Å²) in [5.41, 5.74) is 0.674. The van der Waals surface area contributed by atoms with E-state index in [-0.39, 0.29) is 22.4 Å². The highest BCUT2D eigenvalue weighted by Gasteiger charge is 2.15. The number of pyridine rings is 1. The van der Waals surface area contributed by atoms with E-state index in [0.29, 0.717) is 10.2 Å². The van der Waals surface area contributed by atoms with Gasteiger partial charge in [-0.25, -0.2) is 14.4 Å². The number of aromatic hydroxyl groups is 1. The van der Waals surface area contributed by atoms with Crippen molar-refractivity contribution in [1.29, 1.82) is 0 Å². The first kappa shape index (κ1) is 11.3. The summed E-state index contributed by atoms with van der Waals surface area (Å²) in [6.45, 7) is 0. The molecule has 3 rings (SSSR count). The van der Waals surface area contributed by atoms with Crippen molar-refractivity contribution in [3.05, 3.63) is 34.7 Å². The van der Waals surface area contributed by atoms with Crippen molar-refractivity contribution in [2.24, 2.45) is 0 Å². The van der Waals surface area contributed by atoms with Crippen LogP contribution in [0.4, 0.5) is 4.39 Å². The van der Waals surface area contributed by atoms with Crippen LogP contribution in [-0.2, 0) is 0 Å². The number of thiophene rings is 1. The molecule has 18 heavy (non-hydrogen) atoms. The number of aromatic nitrogens is 3. The topological polar surface area (TPSA) is 58.9 Å². The highest BCUT2D eigenvalue weighted by atomic mass is 35.5. The smallest absolute Gasteiger partial charge is 0.232 e. The van der Waals surface area contributed by atoms with Gasteiger partial charge in [0.05, 0.1) is 11.1 Å². The normalized spacial score (nSPS) is 11.0. The summed E-state index contributed by atoms with van der Waals surface area (Å²) in [4.78, 5) is 11.7. The van der Waals surface area contributed by atoms with Gasteiger partial charge in [0.25, 0.3) is 0 Å². The van der Waals surface area contributed by atoms with Gasteiger partial charge >= 0.3 is 0 Å². The molecule has 0 atom stereocenters. The summed E-state index contributed by atoms with van der Waals surface area (Å²) < 4.78 is 14.4. The Morgan fingerprint density at radius 3 is 2.94 bits per heavy atom. The fourth-order valence-corrected chi connectivity index (χ4v) is 2.44. The minimum absolute atomic E-state index is 0.0835. The maximum absolute atomic E-state index is 13.8. The van der Waals surface area contributed by atoms with Crippen LogP contribution in [0, 0.1) is 5.82 Å². The molecule has 0 aromatic carbocycles. The van der Waals surface area contributed by atoms with Gasteiger partial charge in [0.1, 0.15) is 4.70 Å². The second-order valence-electron chi connectivity index (χ2n) is 3.47. The van der Waals surface area contributed by atoms with Gasteiger partial charge in [0.2, 0.25) is 5.88 Å². The SMILES string of the molecule is Oc1nc(-c2ccnc(Cl)c2F)nc2ccsc12. The first-order chi connectivity index (χ1) is 8.66. The molecule has 0 aliphatic carbocycles. The van der Waals surface area contributed by atoms with E-state index in [1.165, 1.54) is 23.6 Å². The fourth-order valence-electron chi connectivity index (χ4n) is 1.56. The molecule has 0 radical (unpaired) electrons. The lowest BCUT2D eigenvalue weighted by Gasteiger charge is -2.03. The molecule has 3 aromatic rings. The van der Waals surface area contributed by atoms with Crippen molar-refractivity contribution in [1.82, 2.24) is 15.0 Å². The van der Waals surface area contributed by atoms with E-state index in [1.54, 1.807) is 11.4 Å². The Labute approximate surface area is 110 Å². The van der Waals surface area contributed by atoms with E-state index in [2.05, 4.69) is 15.0 Å². The first-order valence-corrected chi connectivity index (χ1v) is 6.17. The van der Waals surface area contributed by atoms with Crippen LogP contribution in [0.3, 0.4) is 0 Å². The summed E-state index contributed by atoms with van der Waals surface area (Å²) in [5.74, 6) is -0.786. The Morgan fingerprint density at radius 1 is 1.28 bits per heavy atom. The maximum atomic E-state index is 13.8. The van der Waals surface area contributed by atoms with Crippen LogP contribution in [0.25, 0.3) is 21.6 Å². The van der Waals surface area contributed by atoms with E-state index in [9.17, 15) is 9.50 Å². The predicted molar refractivity (Wildman–Crippen MR) is 67.3 cm³/mol. The number of fused-ring (bicyclic) bond motifs is 1. The lowest BCUT2D eigenvalue weighted by Crippen LogP contribution is -1.94. The van der Waals surface area contributed by atoms with Crippen LogP contribution in [0.5, 0.6) is 5.88 Å². The van der Waals surface area contributed by atoms with Crippen LogP contribution in [0.2, 0.25) is 5.15 Å². The number of hydrogen-bond donors (Lipinski definition) is 1. The van der Waals surface area contributed by atoms with Crippen molar-refractivity contribution in [2.75, 3.05) is 0 Å². The molecule has 0 saturated heterocycles. The molecule has 0 saturated carbocycles. The average molecular weight is 282 g/mol. The monoisotopic (exact) mass is 281 g/mol. The molecular formula is C11H5ClFN3OS. The summed E-state index contributed by atoms with van der Waals surface area (Å²) >= 11 is 6.92. The van der Waals surface area contributed by atoms with Crippen LogP contribution >= 0.6 is 22.9 Å². The van der Waals surface area contributed by atoms with Gasteiger partial charge in [-0.1, -0.05) is 11.6 Å². The number of rotatable bonds is 1. The minimum atomic E-state index is -0.701. The van der Waals surface area contributed by atoms with Crippen LogP contribution in [-0.4, -0.2) is 20.1 Å². The molecule has 90 valence electrons. The van der Waals surface area contributed by atoms with E-state index < -0.39 is 5.82 Å². The Hall–Kier alpha value is -1.79. The third-order valence-corrected chi connectivity index (χ3v) is 3.54. The van der Waals surface area contributed by atoms with Gasteiger partial charge in [-0.2, -0.15) is 4.98 Å². The van der Waals surface area contributed by atoms with Crippen molar-refractivity contribution < 1.29 is 9.50 Å².